The normalized spacial score (nSPS) is 17.1. The third kappa shape index (κ3) is 5.25. The predicted octanol–water partition coefficient (Wildman–Crippen LogP) is 2.74. The molecule has 1 aromatic heterocycles. The topological polar surface area (TPSA) is 32.3 Å². The Morgan fingerprint density at radius 2 is 1.79 bits per heavy atom. The van der Waals surface area contributed by atoms with Crippen molar-refractivity contribution in [3.05, 3.63) is 65.8 Å². The summed E-state index contributed by atoms with van der Waals surface area (Å²) in [4.78, 5) is 13.6. The Labute approximate surface area is 144 Å². The molecule has 0 unspecified atom stereocenters. The van der Waals surface area contributed by atoms with Gasteiger partial charge in [-0.2, -0.15) is 0 Å². The predicted molar refractivity (Wildman–Crippen MR) is 98.7 cm³/mol. The maximum Gasteiger partial charge on any atom is 0.0599 e. The van der Waals surface area contributed by atoms with Gasteiger partial charge in [0.2, 0.25) is 0 Å². The van der Waals surface area contributed by atoms with Gasteiger partial charge in [0, 0.05) is 64.3 Å². The van der Waals surface area contributed by atoms with E-state index >= 15 is 0 Å². The molecular formula is C20H26N4. The lowest BCUT2D eigenvalue weighted by Gasteiger charge is -2.34. The van der Waals surface area contributed by atoms with Crippen LogP contribution in [0.1, 0.15) is 18.2 Å². The fourth-order valence-corrected chi connectivity index (χ4v) is 3.13. The maximum absolute atomic E-state index is 4.35. The summed E-state index contributed by atoms with van der Waals surface area (Å²) in [6.45, 7) is 8.92. The van der Waals surface area contributed by atoms with Crippen LogP contribution in [0.4, 0.5) is 0 Å². The summed E-state index contributed by atoms with van der Waals surface area (Å²) in [6, 6.07) is 10.6. The van der Waals surface area contributed by atoms with Crippen LogP contribution in [0.3, 0.4) is 0 Å². The molecule has 1 aliphatic rings. The van der Waals surface area contributed by atoms with Gasteiger partial charge in [0.1, 0.15) is 0 Å². The summed E-state index contributed by atoms with van der Waals surface area (Å²) in [5.41, 5.74) is 3.80. The number of rotatable bonds is 6. The van der Waals surface area contributed by atoms with Crippen LogP contribution < -0.4 is 0 Å². The van der Waals surface area contributed by atoms with E-state index in [4.69, 9.17) is 0 Å². The number of piperazine rings is 1. The van der Waals surface area contributed by atoms with Crippen molar-refractivity contribution in [3.63, 3.8) is 0 Å². The van der Waals surface area contributed by atoms with E-state index in [1.165, 1.54) is 11.1 Å². The lowest BCUT2D eigenvalue weighted by molar-refractivity contribution is 0.141. The van der Waals surface area contributed by atoms with Gasteiger partial charge in [0.25, 0.3) is 0 Å². The van der Waals surface area contributed by atoms with Gasteiger partial charge in [0.05, 0.1) is 5.69 Å². The Kier molecular flexibility index (Phi) is 6.10. The summed E-state index contributed by atoms with van der Waals surface area (Å²) < 4.78 is 0. The molecule has 24 heavy (non-hydrogen) atoms. The number of hydrogen-bond acceptors (Lipinski definition) is 4. The number of aromatic nitrogens is 2. The highest BCUT2D eigenvalue weighted by Gasteiger charge is 2.16. The van der Waals surface area contributed by atoms with E-state index in [1.54, 1.807) is 12.4 Å². The van der Waals surface area contributed by atoms with Gasteiger partial charge in [-0.3, -0.25) is 14.9 Å². The van der Waals surface area contributed by atoms with Gasteiger partial charge in [-0.15, -0.1) is 0 Å². The zero-order valence-electron chi connectivity index (χ0n) is 14.4. The van der Waals surface area contributed by atoms with Crippen molar-refractivity contribution in [1.29, 1.82) is 0 Å². The van der Waals surface area contributed by atoms with Crippen LogP contribution in [0.5, 0.6) is 0 Å². The Morgan fingerprint density at radius 1 is 1.04 bits per heavy atom. The molecule has 0 spiro atoms. The molecule has 4 nitrogen and oxygen atoms in total. The highest BCUT2D eigenvalue weighted by molar-refractivity contribution is 5.52. The molecular weight excluding hydrogens is 296 g/mol. The first-order valence-corrected chi connectivity index (χ1v) is 8.71. The van der Waals surface area contributed by atoms with Gasteiger partial charge in [0.15, 0.2) is 0 Å². The first-order chi connectivity index (χ1) is 11.8. The third-order valence-corrected chi connectivity index (χ3v) is 4.45. The lowest BCUT2D eigenvalue weighted by atomic mass is 10.1. The zero-order valence-corrected chi connectivity index (χ0v) is 14.4. The summed E-state index contributed by atoms with van der Waals surface area (Å²) >= 11 is 0. The molecule has 2 heterocycles. The molecule has 1 fully saturated rings. The van der Waals surface area contributed by atoms with Crippen molar-refractivity contribution in [2.45, 2.75) is 13.3 Å². The van der Waals surface area contributed by atoms with Crippen LogP contribution in [-0.4, -0.2) is 59.0 Å². The highest BCUT2D eigenvalue weighted by atomic mass is 15.3. The van der Waals surface area contributed by atoms with E-state index in [-0.39, 0.29) is 0 Å². The van der Waals surface area contributed by atoms with Gasteiger partial charge in [-0.1, -0.05) is 42.0 Å². The summed E-state index contributed by atoms with van der Waals surface area (Å²) in [7, 11) is 0. The largest absolute Gasteiger partial charge is 0.300 e. The van der Waals surface area contributed by atoms with E-state index in [0.29, 0.717) is 0 Å². The summed E-state index contributed by atoms with van der Waals surface area (Å²) in [6.07, 6.45) is 8.65. The molecule has 0 N–H and O–H groups in total. The van der Waals surface area contributed by atoms with Crippen LogP contribution >= 0.6 is 0 Å². The fraction of sp³-hybridized carbons (Fsp3) is 0.400. The molecule has 0 aliphatic carbocycles. The second kappa shape index (κ2) is 8.71. The van der Waals surface area contributed by atoms with Crippen molar-refractivity contribution < 1.29 is 0 Å². The van der Waals surface area contributed by atoms with E-state index in [0.717, 1.165) is 51.4 Å². The standard InChI is InChI=1S/C20H26N4/c1-18(15-19-5-3-2-4-6-19)17-24-13-11-23(12-14-24)10-7-20-16-21-8-9-22-20/h2-6,8-9,15-16H,7,10-14,17H2,1H3/b18-15+. The van der Waals surface area contributed by atoms with Crippen molar-refractivity contribution in [3.8, 4) is 0 Å². The molecule has 0 atom stereocenters. The molecule has 0 amide bonds. The number of hydrogen-bond donors (Lipinski definition) is 0. The SMILES string of the molecule is C/C(=C\c1ccccc1)CN1CCN(CCc2cnccn2)CC1. The second-order valence-electron chi connectivity index (χ2n) is 6.47. The van der Waals surface area contributed by atoms with Crippen LogP contribution in [0.15, 0.2) is 54.5 Å². The molecule has 4 heteroatoms. The van der Waals surface area contributed by atoms with Crippen molar-refractivity contribution in [1.82, 2.24) is 19.8 Å². The average molecular weight is 322 g/mol. The minimum atomic E-state index is 0.987. The molecule has 1 aliphatic heterocycles. The fourth-order valence-electron chi connectivity index (χ4n) is 3.13. The molecule has 1 aromatic carbocycles. The highest BCUT2D eigenvalue weighted by Crippen LogP contribution is 2.10. The van der Waals surface area contributed by atoms with Gasteiger partial charge in [-0.05, 0) is 12.5 Å². The van der Waals surface area contributed by atoms with Gasteiger partial charge >= 0.3 is 0 Å². The van der Waals surface area contributed by atoms with E-state index in [9.17, 15) is 0 Å². The van der Waals surface area contributed by atoms with Crippen LogP contribution in [0, 0.1) is 0 Å². The van der Waals surface area contributed by atoms with Crippen LogP contribution in [0.25, 0.3) is 6.08 Å². The van der Waals surface area contributed by atoms with E-state index in [1.807, 2.05) is 6.20 Å². The molecule has 0 bridgehead atoms. The van der Waals surface area contributed by atoms with Gasteiger partial charge < -0.3 is 4.90 Å². The average Bonchev–Trinajstić information content (AvgIpc) is 2.63. The van der Waals surface area contributed by atoms with Gasteiger partial charge in [-0.25, -0.2) is 0 Å². The molecule has 2 aromatic rings. The van der Waals surface area contributed by atoms with Crippen molar-refractivity contribution >= 4 is 6.08 Å². The monoisotopic (exact) mass is 322 g/mol. The Bertz CT molecular complexity index is 631. The van der Waals surface area contributed by atoms with Crippen molar-refractivity contribution in [2.75, 3.05) is 39.3 Å². The van der Waals surface area contributed by atoms with E-state index < -0.39 is 0 Å². The summed E-state index contributed by atoms with van der Waals surface area (Å²) in [5, 5.41) is 0. The molecule has 126 valence electrons. The zero-order chi connectivity index (χ0) is 16.6. The Balaban J connectivity index is 1.41. The molecule has 3 rings (SSSR count). The molecule has 1 saturated heterocycles. The Morgan fingerprint density at radius 3 is 2.50 bits per heavy atom. The Hall–Kier alpha value is -2.04. The van der Waals surface area contributed by atoms with E-state index in [2.05, 4.69) is 63.1 Å². The maximum atomic E-state index is 4.35. The minimum absolute atomic E-state index is 0.987. The van der Waals surface area contributed by atoms with Crippen LogP contribution in [0.2, 0.25) is 0 Å². The first kappa shape index (κ1) is 16.8. The third-order valence-electron chi connectivity index (χ3n) is 4.45. The first-order valence-electron chi connectivity index (χ1n) is 8.71. The summed E-state index contributed by atoms with van der Waals surface area (Å²) in [5.74, 6) is 0. The molecule has 0 radical (unpaired) electrons. The van der Waals surface area contributed by atoms with Crippen molar-refractivity contribution in [2.24, 2.45) is 0 Å². The minimum Gasteiger partial charge on any atom is -0.300 e. The second-order valence-corrected chi connectivity index (χ2v) is 6.47. The lowest BCUT2D eigenvalue weighted by Crippen LogP contribution is -2.47. The number of nitrogens with zero attached hydrogens (tertiary/aromatic N) is 4. The smallest absolute Gasteiger partial charge is 0.0599 e. The molecule has 0 saturated carbocycles. The quantitative estimate of drug-likeness (QED) is 0.818. The number of benzene rings is 1. The van der Waals surface area contributed by atoms with Crippen LogP contribution in [-0.2, 0) is 6.42 Å².